The number of hydrogen-bond donors (Lipinski definition) is 0. The van der Waals surface area contributed by atoms with E-state index in [-0.39, 0.29) is 11.1 Å². The summed E-state index contributed by atoms with van der Waals surface area (Å²) in [7, 11) is -1.16. The molecule has 0 fully saturated rings. The molecule has 1 aromatic rings. The lowest BCUT2D eigenvalue weighted by Gasteiger charge is -2.28. The Morgan fingerprint density at radius 2 is 1.65 bits per heavy atom. The molecule has 0 bridgehead atoms. The maximum Gasteiger partial charge on any atom is 0.417 e. The van der Waals surface area contributed by atoms with Crippen molar-refractivity contribution in [3.63, 3.8) is 0 Å². The molecule has 7 heteroatoms. The molecule has 1 aromatic carbocycles. The summed E-state index contributed by atoms with van der Waals surface area (Å²) in [5, 5.41) is 0. The van der Waals surface area contributed by atoms with Crippen molar-refractivity contribution < 1.29 is 27.1 Å². The largest absolute Gasteiger partial charge is 0.465 e. The van der Waals surface area contributed by atoms with Gasteiger partial charge in [0, 0.05) is 0 Å². The molecule has 1 rings (SSSR count). The minimum absolute atomic E-state index is 0.0208. The molecule has 3 nitrogen and oxygen atoms in total. The van der Waals surface area contributed by atoms with Gasteiger partial charge in [0.25, 0.3) is 0 Å². The zero-order valence-electron chi connectivity index (χ0n) is 11.7. The molecule has 0 aliphatic heterocycles. The van der Waals surface area contributed by atoms with Crippen molar-refractivity contribution in [2.45, 2.75) is 31.9 Å². The molecule has 0 spiro atoms. The monoisotopic (exact) mass is 306 g/mol. The first kappa shape index (κ1) is 16.7. The molecule has 0 radical (unpaired) electrons. The first-order valence-corrected chi connectivity index (χ1v) is 9.38. The second-order valence-electron chi connectivity index (χ2n) is 5.27. The predicted octanol–water partition coefficient (Wildman–Crippen LogP) is 3.93. The van der Waals surface area contributed by atoms with Crippen LogP contribution in [0.2, 0.25) is 19.6 Å². The number of methoxy groups -OCH3 is 1. The normalized spacial score (nSPS) is 13.9. The molecule has 0 aliphatic rings. The van der Waals surface area contributed by atoms with Gasteiger partial charge in [-0.05, 0) is 37.3 Å². The predicted molar refractivity (Wildman–Crippen MR) is 71.0 cm³/mol. The van der Waals surface area contributed by atoms with Gasteiger partial charge in [0.1, 0.15) is 0 Å². The van der Waals surface area contributed by atoms with Crippen LogP contribution in [0.4, 0.5) is 13.2 Å². The Hall–Kier alpha value is -1.34. The lowest BCUT2D eigenvalue weighted by atomic mass is 10.1. The van der Waals surface area contributed by atoms with E-state index in [1.807, 2.05) is 0 Å². The number of alkyl halides is 3. The zero-order valence-corrected chi connectivity index (χ0v) is 12.7. The number of carbonyl (C=O) groups is 1. The number of halogens is 3. The molecular weight excluding hydrogens is 289 g/mol. The number of carbonyl (C=O) groups excluding carboxylic acids is 1. The van der Waals surface area contributed by atoms with Gasteiger partial charge in [0.05, 0.1) is 12.7 Å². The van der Waals surface area contributed by atoms with E-state index in [2.05, 4.69) is 4.74 Å². The quantitative estimate of drug-likeness (QED) is 0.624. The van der Waals surface area contributed by atoms with E-state index in [0.717, 1.165) is 0 Å². The highest BCUT2D eigenvalue weighted by Crippen LogP contribution is 2.37. The fourth-order valence-corrected chi connectivity index (χ4v) is 2.57. The van der Waals surface area contributed by atoms with Crippen LogP contribution < -0.4 is 0 Å². The highest BCUT2D eigenvalue weighted by molar-refractivity contribution is 6.69. The third kappa shape index (κ3) is 4.64. The second kappa shape index (κ2) is 5.97. The second-order valence-corrected chi connectivity index (χ2v) is 9.73. The molecule has 112 valence electrons. The Balaban J connectivity index is 3.06. The Kier molecular flexibility index (Phi) is 4.98. The summed E-state index contributed by atoms with van der Waals surface area (Å²) < 4.78 is 48.9. The minimum atomic E-state index is -4.49. The maximum absolute atomic E-state index is 13.1. The third-order valence-corrected chi connectivity index (χ3v) is 3.35. The molecule has 20 heavy (non-hydrogen) atoms. The van der Waals surface area contributed by atoms with E-state index in [1.54, 1.807) is 19.6 Å². The minimum Gasteiger partial charge on any atom is -0.465 e. The lowest BCUT2D eigenvalue weighted by Crippen LogP contribution is -2.35. The SMILES string of the molecule is COC(=O)c1ccc(C(O[Si](C)(C)C)C(F)(F)F)cc1. The van der Waals surface area contributed by atoms with Gasteiger partial charge in [-0.25, -0.2) is 4.79 Å². The van der Waals surface area contributed by atoms with Gasteiger partial charge >= 0.3 is 12.1 Å². The van der Waals surface area contributed by atoms with Crippen LogP contribution in [-0.4, -0.2) is 27.6 Å². The van der Waals surface area contributed by atoms with Crippen molar-refractivity contribution in [2.24, 2.45) is 0 Å². The number of ether oxygens (including phenoxy) is 1. The van der Waals surface area contributed by atoms with Crippen LogP contribution >= 0.6 is 0 Å². The highest BCUT2D eigenvalue weighted by atomic mass is 28.4. The standard InChI is InChI=1S/C13H17F3O3Si/c1-18-12(17)10-7-5-9(6-8-10)11(13(14,15)16)19-20(2,3)4/h5-8,11H,1-4H3. The molecule has 1 atom stereocenters. The van der Waals surface area contributed by atoms with Crippen molar-refractivity contribution in [3.05, 3.63) is 35.4 Å². The zero-order chi connectivity index (χ0) is 15.6. The van der Waals surface area contributed by atoms with E-state index in [1.165, 1.54) is 31.4 Å². The van der Waals surface area contributed by atoms with Crippen LogP contribution in [0.5, 0.6) is 0 Å². The summed E-state index contributed by atoms with van der Waals surface area (Å²) in [6.07, 6.45) is -6.46. The van der Waals surface area contributed by atoms with E-state index in [0.29, 0.717) is 0 Å². The molecule has 0 N–H and O–H groups in total. The molecule has 0 saturated carbocycles. The summed E-state index contributed by atoms with van der Waals surface area (Å²) in [6.45, 7) is 5.07. The Labute approximate surface area is 116 Å². The molecule has 0 aliphatic carbocycles. The van der Waals surface area contributed by atoms with Gasteiger partial charge in [-0.3, -0.25) is 0 Å². The van der Waals surface area contributed by atoms with Crippen molar-refractivity contribution in [1.29, 1.82) is 0 Å². The first-order chi connectivity index (χ1) is 9.04. The number of esters is 1. The van der Waals surface area contributed by atoms with Crippen LogP contribution in [0.25, 0.3) is 0 Å². The fourth-order valence-electron chi connectivity index (χ4n) is 1.59. The van der Waals surface area contributed by atoms with E-state index < -0.39 is 26.6 Å². The average molecular weight is 306 g/mol. The van der Waals surface area contributed by atoms with Crippen LogP contribution in [0.3, 0.4) is 0 Å². The van der Waals surface area contributed by atoms with Gasteiger partial charge in [-0.1, -0.05) is 12.1 Å². The Bertz CT molecular complexity index is 463. The van der Waals surface area contributed by atoms with Crippen molar-refractivity contribution in [2.75, 3.05) is 7.11 Å². The van der Waals surface area contributed by atoms with E-state index >= 15 is 0 Å². The van der Waals surface area contributed by atoms with Crippen LogP contribution in [-0.2, 0) is 9.16 Å². The van der Waals surface area contributed by atoms with Gasteiger partial charge in [0.15, 0.2) is 14.4 Å². The number of hydrogen-bond acceptors (Lipinski definition) is 3. The van der Waals surface area contributed by atoms with E-state index in [4.69, 9.17) is 4.43 Å². The van der Waals surface area contributed by atoms with Crippen LogP contribution in [0, 0.1) is 0 Å². The van der Waals surface area contributed by atoms with Gasteiger partial charge in [-0.15, -0.1) is 0 Å². The molecule has 1 unspecified atom stereocenters. The van der Waals surface area contributed by atoms with Gasteiger partial charge < -0.3 is 9.16 Å². The summed E-state index contributed by atoms with van der Waals surface area (Å²) in [5.74, 6) is -0.591. The molecule has 0 amide bonds. The lowest BCUT2D eigenvalue weighted by molar-refractivity contribution is -0.200. The first-order valence-electron chi connectivity index (χ1n) is 5.97. The third-order valence-electron chi connectivity index (χ3n) is 2.40. The van der Waals surface area contributed by atoms with Crippen molar-refractivity contribution >= 4 is 14.3 Å². The molecule has 0 saturated heterocycles. The smallest absolute Gasteiger partial charge is 0.417 e. The summed E-state index contributed by atoms with van der Waals surface area (Å²) >= 11 is 0. The van der Waals surface area contributed by atoms with Gasteiger partial charge in [-0.2, -0.15) is 13.2 Å². The van der Waals surface area contributed by atoms with Gasteiger partial charge in [0.2, 0.25) is 0 Å². The van der Waals surface area contributed by atoms with E-state index in [9.17, 15) is 18.0 Å². The topological polar surface area (TPSA) is 35.5 Å². The maximum atomic E-state index is 13.1. The molecule has 0 heterocycles. The fraction of sp³-hybridized carbons (Fsp3) is 0.462. The number of rotatable bonds is 4. The molecule has 0 aromatic heterocycles. The average Bonchev–Trinajstić information content (AvgIpc) is 2.33. The summed E-state index contributed by atoms with van der Waals surface area (Å²) in [6, 6.07) is 5.08. The van der Waals surface area contributed by atoms with Crippen LogP contribution in [0.1, 0.15) is 22.0 Å². The Morgan fingerprint density at radius 3 is 2.00 bits per heavy atom. The number of benzene rings is 1. The highest BCUT2D eigenvalue weighted by Gasteiger charge is 2.44. The van der Waals surface area contributed by atoms with Crippen molar-refractivity contribution in [3.8, 4) is 0 Å². The van der Waals surface area contributed by atoms with Crippen LogP contribution in [0.15, 0.2) is 24.3 Å². The summed E-state index contributed by atoms with van der Waals surface area (Å²) in [5.41, 5.74) is 0.178. The summed E-state index contributed by atoms with van der Waals surface area (Å²) in [4.78, 5) is 11.3. The van der Waals surface area contributed by atoms with Crippen molar-refractivity contribution in [1.82, 2.24) is 0 Å². The molecular formula is C13H17F3O3Si. The Morgan fingerprint density at radius 1 is 1.15 bits per heavy atom.